The van der Waals surface area contributed by atoms with Gasteiger partial charge in [-0.3, -0.25) is 0 Å². The molecule has 4 rings (SSSR count). The second kappa shape index (κ2) is 6.73. The van der Waals surface area contributed by atoms with Crippen LogP contribution in [0.5, 0.6) is 0 Å². The standard InChI is InChI=1S/C21H16BrNO2/c22-17-13-7-8-14-18(17)23-20(16-11-5-2-6-12-16)19(21(24)25-23)15-9-3-1-4-10-15/h1-14,19-20H. The van der Waals surface area contributed by atoms with Crippen molar-refractivity contribution < 1.29 is 9.63 Å². The highest BCUT2D eigenvalue weighted by Gasteiger charge is 2.46. The third kappa shape index (κ3) is 2.94. The highest BCUT2D eigenvalue weighted by Crippen LogP contribution is 2.46. The average Bonchev–Trinajstić information content (AvgIpc) is 3.00. The van der Waals surface area contributed by atoms with Crippen molar-refractivity contribution in [3.63, 3.8) is 0 Å². The first-order valence-corrected chi connectivity index (χ1v) is 8.90. The minimum Gasteiger partial charge on any atom is -0.339 e. The van der Waals surface area contributed by atoms with E-state index in [1.54, 1.807) is 5.06 Å². The van der Waals surface area contributed by atoms with E-state index in [2.05, 4.69) is 15.9 Å². The Morgan fingerprint density at radius 1 is 0.760 bits per heavy atom. The van der Waals surface area contributed by atoms with Gasteiger partial charge in [-0.1, -0.05) is 72.8 Å². The number of hydrogen-bond donors (Lipinski definition) is 0. The maximum Gasteiger partial charge on any atom is 0.342 e. The number of rotatable bonds is 3. The summed E-state index contributed by atoms with van der Waals surface area (Å²) in [7, 11) is 0. The minimum atomic E-state index is -0.379. The predicted molar refractivity (Wildman–Crippen MR) is 101 cm³/mol. The SMILES string of the molecule is O=C1ON(c2ccccc2Br)C(c2ccccc2)C1c1ccccc1. The molecule has 3 nitrogen and oxygen atoms in total. The van der Waals surface area contributed by atoms with Crippen molar-refractivity contribution in [2.24, 2.45) is 0 Å². The number of carbonyl (C=O) groups excluding carboxylic acids is 1. The van der Waals surface area contributed by atoms with Gasteiger partial charge in [0, 0.05) is 4.47 Å². The van der Waals surface area contributed by atoms with Gasteiger partial charge >= 0.3 is 5.97 Å². The molecule has 4 heteroatoms. The normalized spacial score (nSPS) is 19.7. The molecule has 0 amide bonds. The van der Waals surface area contributed by atoms with E-state index in [0.29, 0.717) is 0 Å². The Morgan fingerprint density at radius 3 is 1.96 bits per heavy atom. The fraction of sp³-hybridized carbons (Fsp3) is 0.0952. The van der Waals surface area contributed by atoms with Crippen molar-refractivity contribution in [2.45, 2.75) is 12.0 Å². The molecule has 1 aliphatic heterocycles. The summed E-state index contributed by atoms with van der Waals surface area (Å²) >= 11 is 3.57. The molecule has 1 aliphatic rings. The fourth-order valence-electron chi connectivity index (χ4n) is 3.26. The summed E-state index contributed by atoms with van der Waals surface area (Å²) in [6.45, 7) is 0. The Morgan fingerprint density at radius 2 is 1.32 bits per heavy atom. The van der Waals surface area contributed by atoms with E-state index < -0.39 is 0 Å². The summed E-state index contributed by atoms with van der Waals surface area (Å²) in [5.74, 6) is -0.619. The number of para-hydroxylation sites is 1. The first-order valence-electron chi connectivity index (χ1n) is 8.11. The molecule has 1 heterocycles. The number of hydroxylamine groups is 1. The van der Waals surface area contributed by atoms with Crippen molar-refractivity contribution in [1.29, 1.82) is 0 Å². The number of carbonyl (C=O) groups is 1. The maximum absolute atomic E-state index is 12.8. The van der Waals surface area contributed by atoms with Crippen molar-refractivity contribution in [3.8, 4) is 0 Å². The lowest BCUT2D eigenvalue weighted by Crippen LogP contribution is -2.24. The first-order chi connectivity index (χ1) is 12.3. The molecule has 0 aliphatic carbocycles. The summed E-state index contributed by atoms with van der Waals surface area (Å²) in [5.41, 5.74) is 2.83. The minimum absolute atomic E-state index is 0.227. The molecule has 0 spiro atoms. The number of nitrogens with zero attached hydrogens (tertiary/aromatic N) is 1. The summed E-state index contributed by atoms with van der Waals surface area (Å²) < 4.78 is 0.887. The van der Waals surface area contributed by atoms with Gasteiger partial charge in [0.25, 0.3) is 0 Å². The molecule has 3 aromatic rings. The van der Waals surface area contributed by atoms with E-state index in [-0.39, 0.29) is 17.9 Å². The third-order valence-corrected chi connectivity index (χ3v) is 5.07. The monoisotopic (exact) mass is 393 g/mol. The fourth-order valence-corrected chi connectivity index (χ4v) is 3.72. The van der Waals surface area contributed by atoms with Crippen molar-refractivity contribution in [3.05, 3.63) is 101 Å². The Kier molecular flexibility index (Phi) is 4.28. The van der Waals surface area contributed by atoms with Crippen LogP contribution in [0.2, 0.25) is 0 Å². The van der Waals surface area contributed by atoms with Gasteiger partial charge in [-0.25, -0.2) is 4.79 Å². The summed E-state index contributed by atoms with van der Waals surface area (Å²) in [6, 6.07) is 27.4. The third-order valence-electron chi connectivity index (χ3n) is 4.40. The Balaban J connectivity index is 1.85. The zero-order chi connectivity index (χ0) is 17.2. The van der Waals surface area contributed by atoms with Crippen LogP contribution in [-0.2, 0) is 9.63 Å². The molecule has 3 aromatic carbocycles. The van der Waals surface area contributed by atoms with Crippen LogP contribution in [0.3, 0.4) is 0 Å². The number of benzene rings is 3. The smallest absolute Gasteiger partial charge is 0.339 e. The van der Waals surface area contributed by atoms with Crippen molar-refractivity contribution in [2.75, 3.05) is 5.06 Å². The molecule has 0 radical (unpaired) electrons. The molecular weight excluding hydrogens is 378 g/mol. The van der Waals surface area contributed by atoms with E-state index in [1.165, 1.54) is 0 Å². The van der Waals surface area contributed by atoms with Crippen LogP contribution >= 0.6 is 15.9 Å². The molecule has 0 N–H and O–H groups in total. The van der Waals surface area contributed by atoms with Gasteiger partial charge in [0.2, 0.25) is 0 Å². The zero-order valence-electron chi connectivity index (χ0n) is 13.4. The zero-order valence-corrected chi connectivity index (χ0v) is 15.0. The highest BCUT2D eigenvalue weighted by molar-refractivity contribution is 9.10. The van der Waals surface area contributed by atoms with Crippen LogP contribution in [0.15, 0.2) is 89.4 Å². The van der Waals surface area contributed by atoms with Gasteiger partial charge in [0.1, 0.15) is 12.0 Å². The number of halogens is 1. The molecule has 124 valence electrons. The molecule has 0 aromatic heterocycles. The predicted octanol–water partition coefficient (Wildman–Crippen LogP) is 5.25. The van der Waals surface area contributed by atoms with Gasteiger partial charge in [-0.05, 0) is 39.2 Å². The van der Waals surface area contributed by atoms with Crippen LogP contribution in [0.1, 0.15) is 23.1 Å². The number of hydrogen-bond acceptors (Lipinski definition) is 3. The second-order valence-corrected chi connectivity index (χ2v) is 6.79. The molecule has 0 saturated carbocycles. The first kappa shape index (κ1) is 15.9. The van der Waals surface area contributed by atoms with Gasteiger partial charge in [-0.15, -0.1) is 0 Å². The summed E-state index contributed by atoms with van der Waals surface area (Å²) in [5, 5.41) is 1.72. The highest BCUT2D eigenvalue weighted by atomic mass is 79.9. The van der Waals surface area contributed by atoms with Crippen LogP contribution in [0.25, 0.3) is 0 Å². The van der Waals surface area contributed by atoms with E-state index in [0.717, 1.165) is 21.3 Å². The van der Waals surface area contributed by atoms with Crippen molar-refractivity contribution in [1.82, 2.24) is 0 Å². The Labute approximate surface area is 154 Å². The lowest BCUT2D eigenvalue weighted by molar-refractivity contribution is -0.140. The van der Waals surface area contributed by atoms with Gasteiger partial charge < -0.3 is 4.84 Å². The molecular formula is C21H16BrNO2. The topological polar surface area (TPSA) is 29.5 Å². The van der Waals surface area contributed by atoms with Gasteiger partial charge in [0.05, 0.1) is 5.69 Å². The summed E-state index contributed by atoms with van der Waals surface area (Å²) in [4.78, 5) is 18.5. The molecule has 1 saturated heterocycles. The van der Waals surface area contributed by atoms with E-state index in [9.17, 15) is 4.79 Å². The Hall–Kier alpha value is -2.59. The second-order valence-electron chi connectivity index (χ2n) is 5.93. The van der Waals surface area contributed by atoms with E-state index >= 15 is 0 Å². The summed E-state index contributed by atoms with van der Waals surface area (Å²) in [6.07, 6.45) is 0. The average molecular weight is 394 g/mol. The van der Waals surface area contributed by atoms with Crippen LogP contribution in [0.4, 0.5) is 5.69 Å². The van der Waals surface area contributed by atoms with Crippen molar-refractivity contribution >= 4 is 27.6 Å². The van der Waals surface area contributed by atoms with Crippen LogP contribution < -0.4 is 5.06 Å². The van der Waals surface area contributed by atoms with Crippen LogP contribution in [0, 0.1) is 0 Å². The van der Waals surface area contributed by atoms with Gasteiger partial charge in [-0.2, -0.15) is 5.06 Å². The molecule has 2 unspecified atom stereocenters. The molecule has 1 fully saturated rings. The molecule has 2 atom stereocenters. The lowest BCUT2D eigenvalue weighted by Gasteiger charge is -2.26. The van der Waals surface area contributed by atoms with E-state index in [4.69, 9.17) is 4.84 Å². The van der Waals surface area contributed by atoms with Gasteiger partial charge in [0.15, 0.2) is 0 Å². The lowest BCUT2D eigenvalue weighted by atomic mass is 9.87. The van der Waals surface area contributed by atoms with Crippen LogP contribution in [-0.4, -0.2) is 5.97 Å². The Bertz CT molecular complexity index is 883. The number of anilines is 1. The molecule has 25 heavy (non-hydrogen) atoms. The quantitative estimate of drug-likeness (QED) is 0.608. The maximum atomic E-state index is 12.8. The largest absolute Gasteiger partial charge is 0.342 e. The molecule has 0 bridgehead atoms. The van der Waals surface area contributed by atoms with E-state index in [1.807, 2.05) is 84.9 Å².